The van der Waals surface area contributed by atoms with Crippen LogP contribution in [0.3, 0.4) is 0 Å². The Kier molecular flexibility index (Phi) is 4.83. The van der Waals surface area contributed by atoms with Gasteiger partial charge in [-0.15, -0.1) is 11.3 Å². The summed E-state index contributed by atoms with van der Waals surface area (Å²) in [6.45, 7) is 0.436. The highest BCUT2D eigenvalue weighted by Gasteiger charge is 2.04. The van der Waals surface area contributed by atoms with Gasteiger partial charge in [0.15, 0.2) is 0 Å². The Morgan fingerprint density at radius 3 is 2.74 bits per heavy atom. The summed E-state index contributed by atoms with van der Waals surface area (Å²) in [5, 5.41) is 0.942. The average Bonchev–Trinajstić information content (AvgIpc) is 2.97. The average molecular weight is 342 g/mol. The Morgan fingerprint density at radius 2 is 2.00 bits per heavy atom. The summed E-state index contributed by atoms with van der Waals surface area (Å²) in [6.07, 6.45) is 0. The second kappa shape index (κ2) is 7.19. The first kappa shape index (κ1) is 15.4. The van der Waals surface area contributed by atoms with E-state index >= 15 is 0 Å². The van der Waals surface area contributed by atoms with Crippen LogP contribution in [-0.4, -0.2) is 16.6 Å². The Bertz CT molecular complexity index is 848. The molecule has 0 amide bonds. The molecule has 2 N–H and O–H groups in total. The van der Waals surface area contributed by atoms with Gasteiger partial charge in [-0.2, -0.15) is 4.61 Å². The minimum absolute atomic E-state index is 0.288. The first-order valence-corrected chi connectivity index (χ1v) is 8.67. The molecule has 3 rings (SSSR count). The van der Waals surface area contributed by atoms with Crippen molar-refractivity contribution in [2.45, 2.75) is 6.61 Å². The molecule has 1 heterocycles. The summed E-state index contributed by atoms with van der Waals surface area (Å²) in [6, 6.07) is 15.4. The summed E-state index contributed by atoms with van der Waals surface area (Å²) in [5.74, 6) is 1.41. The SMILES string of the molecule is N#SCC(N)=Nc1ccc(OCc2nc3ccccc3s2)cc1. The van der Waals surface area contributed by atoms with E-state index in [4.69, 9.17) is 15.1 Å². The van der Waals surface area contributed by atoms with Gasteiger partial charge in [0.25, 0.3) is 0 Å². The molecule has 0 atom stereocenters. The van der Waals surface area contributed by atoms with Crippen LogP contribution in [0.15, 0.2) is 53.5 Å². The minimum atomic E-state index is 0.288. The van der Waals surface area contributed by atoms with Crippen molar-refractivity contribution < 1.29 is 4.74 Å². The standard InChI is InChI=1S/C16H14N4OS2/c17-15(10-22-18)19-11-5-7-12(8-6-11)21-9-16-20-13-3-1-2-4-14(13)23-16/h1-8H,9-10H2,(H2,17,19). The van der Waals surface area contributed by atoms with Crippen molar-refractivity contribution >= 4 is 44.5 Å². The maximum atomic E-state index is 8.72. The van der Waals surface area contributed by atoms with Crippen LogP contribution in [-0.2, 0) is 6.61 Å². The van der Waals surface area contributed by atoms with Crippen LogP contribution in [0.5, 0.6) is 5.75 Å². The Labute approximate surface area is 141 Å². The monoisotopic (exact) mass is 342 g/mol. The van der Waals surface area contributed by atoms with Crippen LogP contribution >= 0.6 is 22.7 Å². The predicted molar refractivity (Wildman–Crippen MR) is 95.9 cm³/mol. The van der Waals surface area contributed by atoms with E-state index in [1.807, 2.05) is 42.5 Å². The van der Waals surface area contributed by atoms with E-state index in [0.717, 1.165) is 26.7 Å². The topological polar surface area (TPSA) is 84.3 Å². The number of para-hydroxylation sites is 1. The van der Waals surface area contributed by atoms with E-state index in [1.54, 1.807) is 11.3 Å². The molecule has 0 aliphatic heterocycles. The lowest BCUT2D eigenvalue weighted by atomic mass is 10.3. The second-order valence-electron chi connectivity index (χ2n) is 4.73. The van der Waals surface area contributed by atoms with Crippen LogP contribution in [0.1, 0.15) is 5.01 Å². The fourth-order valence-corrected chi connectivity index (χ4v) is 3.09. The second-order valence-corrected chi connectivity index (χ2v) is 6.40. The number of hydrogen-bond acceptors (Lipinski definition) is 5. The van der Waals surface area contributed by atoms with Crippen molar-refractivity contribution in [2.75, 3.05) is 5.75 Å². The molecule has 0 aliphatic carbocycles. The molecule has 23 heavy (non-hydrogen) atoms. The number of aliphatic imine (C=N–C) groups is 1. The molecule has 0 fully saturated rings. The normalized spacial score (nSPS) is 11.5. The van der Waals surface area contributed by atoms with Crippen molar-refractivity contribution in [3.8, 4) is 5.75 Å². The summed E-state index contributed by atoms with van der Waals surface area (Å²) in [5.41, 5.74) is 7.38. The first-order chi connectivity index (χ1) is 11.2. The molecule has 0 bridgehead atoms. The minimum Gasteiger partial charge on any atom is -0.486 e. The Hall–Kier alpha value is -2.47. The number of nitrogens with zero attached hydrogens (tertiary/aromatic N) is 3. The zero-order valence-corrected chi connectivity index (χ0v) is 13.8. The lowest BCUT2D eigenvalue weighted by molar-refractivity contribution is 0.306. The fraction of sp³-hybridized carbons (Fsp3) is 0.125. The maximum Gasteiger partial charge on any atom is 0.140 e. The highest BCUT2D eigenvalue weighted by atomic mass is 32.1. The summed E-state index contributed by atoms with van der Waals surface area (Å²) in [4.78, 5) is 8.72. The third kappa shape index (κ3) is 4.04. The maximum absolute atomic E-state index is 8.72. The summed E-state index contributed by atoms with van der Waals surface area (Å²) < 4.78 is 15.6. The van der Waals surface area contributed by atoms with Crippen LogP contribution in [0, 0.1) is 4.61 Å². The molecule has 5 nitrogen and oxygen atoms in total. The predicted octanol–water partition coefficient (Wildman–Crippen LogP) is 4.08. The molecule has 0 saturated carbocycles. The van der Waals surface area contributed by atoms with Gasteiger partial charge in [-0.25, -0.2) is 9.98 Å². The number of thiazole rings is 1. The smallest absolute Gasteiger partial charge is 0.140 e. The fourth-order valence-electron chi connectivity index (χ4n) is 2.01. The van der Waals surface area contributed by atoms with Crippen LogP contribution < -0.4 is 10.5 Å². The van der Waals surface area contributed by atoms with E-state index in [1.165, 1.54) is 0 Å². The molecular weight excluding hydrogens is 328 g/mol. The third-order valence-corrected chi connectivity index (χ3v) is 4.46. The van der Waals surface area contributed by atoms with Gasteiger partial charge in [0.2, 0.25) is 0 Å². The molecule has 0 radical (unpaired) electrons. The van der Waals surface area contributed by atoms with Crippen molar-refractivity contribution in [3.63, 3.8) is 0 Å². The number of rotatable bonds is 5. The van der Waals surface area contributed by atoms with Crippen molar-refractivity contribution in [3.05, 3.63) is 53.5 Å². The van der Waals surface area contributed by atoms with Crippen LogP contribution in [0.2, 0.25) is 0 Å². The number of ether oxygens (including phenoxy) is 1. The van der Waals surface area contributed by atoms with Crippen LogP contribution in [0.25, 0.3) is 10.2 Å². The summed E-state index contributed by atoms with van der Waals surface area (Å²) in [7, 11) is 0. The third-order valence-electron chi connectivity index (χ3n) is 3.02. The van der Waals surface area contributed by atoms with Gasteiger partial charge in [0, 0.05) is 11.4 Å². The molecule has 2 aromatic carbocycles. The van der Waals surface area contributed by atoms with Gasteiger partial charge < -0.3 is 10.5 Å². The van der Waals surface area contributed by atoms with Crippen molar-refractivity contribution in [2.24, 2.45) is 10.7 Å². The Balaban J connectivity index is 1.64. The number of fused-ring (bicyclic) bond motifs is 1. The molecule has 0 saturated heterocycles. The lowest BCUT2D eigenvalue weighted by Gasteiger charge is -2.04. The number of aromatic nitrogens is 1. The molecule has 1 aromatic heterocycles. The first-order valence-electron chi connectivity index (χ1n) is 6.91. The van der Waals surface area contributed by atoms with Gasteiger partial charge in [-0.1, -0.05) is 12.1 Å². The van der Waals surface area contributed by atoms with E-state index in [2.05, 4.69) is 16.0 Å². The largest absolute Gasteiger partial charge is 0.486 e. The zero-order valence-electron chi connectivity index (χ0n) is 12.2. The van der Waals surface area contributed by atoms with Crippen molar-refractivity contribution in [1.29, 1.82) is 4.61 Å². The van der Waals surface area contributed by atoms with Gasteiger partial charge in [0.1, 0.15) is 29.0 Å². The zero-order chi connectivity index (χ0) is 16.1. The van der Waals surface area contributed by atoms with Gasteiger partial charge >= 0.3 is 0 Å². The van der Waals surface area contributed by atoms with E-state index in [-0.39, 0.29) is 5.75 Å². The number of benzene rings is 2. The van der Waals surface area contributed by atoms with Crippen LogP contribution in [0.4, 0.5) is 5.69 Å². The number of amidine groups is 1. The number of nitrogens with two attached hydrogens (primary N) is 1. The quantitative estimate of drug-likeness (QED) is 0.559. The van der Waals surface area contributed by atoms with E-state index in [9.17, 15) is 0 Å². The molecule has 116 valence electrons. The van der Waals surface area contributed by atoms with Gasteiger partial charge in [0.05, 0.1) is 15.9 Å². The highest BCUT2D eigenvalue weighted by molar-refractivity contribution is 7.86. The summed E-state index contributed by atoms with van der Waals surface area (Å²) >= 11 is 2.29. The van der Waals surface area contributed by atoms with Crippen molar-refractivity contribution in [1.82, 2.24) is 4.98 Å². The van der Waals surface area contributed by atoms with Gasteiger partial charge in [-0.05, 0) is 36.4 Å². The van der Waals surface area contributed by atoms with Gasteiger partial charge in [-0.3, -0.25) is 0 Å². The van der Waals surface area contributed by atoms with E-state index < -0.39 is 0 Å². The molecule has 3 aromatic rings. The molecular formula is C16H14N4OS2. The lowest BCUT2D eigenvalue weighted by Crippen LogP contribution is -2.12. The number of hydrogen-bond donors (Lipinski definition) is 1. The highest BCUT2D eigenvalue weighted by Crippen LogP contribution is 2.24. The molecule has 0 spiro atoms. The van der Waals surface area contributed by atoms with E-state index in [0.29, 0.717) is 23.8 Å². The Morgan fingerprint density at radius 1 is 1.22 bits per heavy atom. The molecule has 7 heteroatoms. The molecule has 0 unspecified atom stereocenters. The molecule has 0 aliphatic rings.